The Bertz CT molecular complexity index is 504. The number of esters is 1. The molecular formula is C10H11N3O2. The number of hydrogen-bond donors (Lipinski definition) is 0. The molecule has 0 spiro atoms. The number of hydrogen-bond acceptors (Lipinski definition) is 4. The smallest absolute Gasteiger partial charge is 0.358 e. The number of aryl methyl sites for hydroxylation is 1. The summed E-state index contributed by atoms with van der Waals surface area (Å²) in [5, 5.41) is 4.19. The van der Waals surface area contributed by atoms with E-state index in [1.807, 2.05) is 19.1 Å². The summed E-state index contributed by atoms with van der Waals surface area (Å²) in [6, 6.07) is 3.66. The molecule has 0 aromatic carbocycles. The molecule has 5 heteroatoms. The fraction of sp³-hybridized carbons (Fsp3) is 0.300. The molecule has 0 bridgehead atoms. The lowest BCUT2D eigenvalue weighted by Crippen LogP contribution is -2.09. The second-order valence-electron chi connectivity index (χ2n) is 3.11. The minimum atomic E-state index is -0.400. The molecule has 2 aromatic heterocycles. The Balaban J connectivity index is 2.52. The van der Waals surface area contributed by atoms with E-state index >= 15 is 0 Å². The highest BCUT2D eigenvalue weighted by Gasteiger charge is 2.13. The van der Waals surface area contributed by atoms with Gasteiger partial charge in [-0.3, -0.25) is 0 Å². The Hall–Kier alpha value is -1.91. The molecule has 0 unspecified atom stereocenters. The van der Waals surface area contributed by atoms with Gasteiger partial charge in [0.1, 0.15) is 0 Å². The Morgan fingerprint density at radius 1 is 1.53 bits per heavy atom. The molecule has 0 N–H and O–H groups in total. The zero-order valence-corrected chi connectivity index (χ0v) is 8.60. The van der Waals surface area contributed by atoms with Gasteiger partial charge >= 0.3 is 5.97 Å². The van der Waals surface area contributed by atoms with Gasteiger partial charge in [-0.2, -0.15) is 5.10 Å². The van der Waals surface area contributed by atoms with Crippen molar-refractivity contribution in [1.82, 2.24) is 14.6 Å². The van der Waals surface area contributed by atoms with Crippen molar-refractivity contribution in [3.05, 3.63) is 29.7 Å². The normalized spacial score (nSPS) is 10.5. The summed E-state index contributed by atoms with van der Waals surface area (Å²) >= 11 is 0. The molecule has 0 aliphatic rings. The lowest BCUT2D eigenvalue weighted by molar-refractivity contribution is 0.0516. The SMILES string of the molecule is CCOC(=O)c1cnc2ccc(C)nn12. The van der Waals surface area contributed by atoms with Gasteiger partial charge in [0, 0.05) is 0 Å². The Labute approximate surface area is 86.7 Å². The zero-order valence-electron chi connectivity index (χ0n) is 8.60. The molecule has 5 nitrogen and oxygen atoms in total. The van der Waals surface area contributed by atoms with Crippen LogP contribution in [-0.4, -0.2) is 27.2 Å². The van der Waals surface area contributed by atoms with Crippen LogP contribution in [0.4, 0.5) is 0 Å². The monoisotopic (exact) mass is 205 g/mol. The van der Waals surface area contributed by atoms with Crippen LogP contribution in [0, 0.1) is 6.92 Å². The van der Waals surface area contributed by atoms with Crippen molar-refractivity contribution in [2.24, 2.45) is 0 Å². The predicted molar refractivity (Wildman–Crippen MR) is 53.7 cm³/mol. The van der Waals surface area contributed by atoms with Gasteiger partial charge in [-0.15, -0.1) is 0 Å². The first-order valence-corrected chi connectivity index (χ1v) is 4.71. The minimum absolute atomic E-state index is 0.345. The fourth-order valence-electron chi connectivity index (χ4n) is 1.31. The van der Waals surface area contributed by atoms with Gasteiger partial charge in [-0.1, -0.05) is 0 Å². The van der Waals surface area contributed by atoms with E-state index in [1.165, 1.54) is 10.7 Å². The number of rotatable bonds is 2. The Kier molecular flexibility index (Phi) is 2.37. The molecule has 2 aromatic rings. The third-order valence-corrected chi connectivity index (χ3v) is 1.98. The first-order chi connectivity index (χ1) is 7.22. The molecule has 2 heterocycles. The zero-order chi connectivity index (χ0) is 10.8. The highest BCUT2D eigenvalue weighted by atomic mass is 16.5. The largest absolute Gasteiger partial charge is 0.461 e. The lowest BCUT2D eigenvalue weighted by Gasteiger charge is -2.00. The summed E-state index contributed by atoms with van der Waals surface area (Å²) in [5.74, 6) is -0.400. The maximum Gasteiger partial charge on any atom is 0.358 e. The minimum Gasteiger partial charge on any atom is -0.461 e. The van der Waals surface area contributed by atoms with Crippen LogP contribution in [0.5, 0.6) is 0 Å². The average Bonchev–Trinajstić information content (AvgIpc) is 2.60. The van der Waals surface area contributed by atoms with Crippen molar-refractivity contribution < 1.29 is 9.53 Å². The predicted octanol–water partition coefficient (Wildman–Crippen LogP) is 1.21. The van der Waals surface area contributed by atoms with Gasteiger partial charge in [0.25, 0.3) is 0 Å². The molecule has 0 radical (unpaired) electrons. The van der Waals surface area contributed by atoms with Crippen LogP contribution >= 0.6 is 0 Å². The summed E-state index contributed by atoms with van der Waals surface area (Å²) in [7, 11) is 0. The van der Waals surface area contributed by atoms with E-state index in [0.717, 1.165) is 5.69 Å². The van der Waals surface area contributed by atoms with Gasteiger partial charge in [0.05, 0.1) is 18.5 Å². The highest BCUT2D eigenvalue weighted by Crippen LogP contribution is 2.06. The highest BCUT2D eigenvalue weighted by molar-refractivity contribution is 5.88. The van der Waals surface area contributed by atoms with Crippen LogP contribution in [0.1, 0.15) is 23.1 Å². The standard InChI is InChI=1S/C10H11N3O2/c1-3-15-10(14)8-6-11-9-5-4-7(2)12-13(8)9/h4-6H,3H2,1-2H3. The maximum absolute atomic E-state index is 11.5. The van der Waals surface area contributed by atoms with Gasteiger partial charge in [-0.05, 0) is 26.0 Å². The Morgan fingerprint density at radius 3 is 3.07 bits per heavy atom. The summed E-state index contributed by atoms with van der Waals surface area (Å²) in [6.45, 7) is 3.96. The third-order valence-electron chi connectivity index (χ3n) is 1.98. The van der Waals surface area contributed by atoms with Gasteiger partial charge < -0.3 is 4.74 Å². The van der Waals surface area contributed by atoms with Crippen LogP contribution in [-0.2, 0) is 4.74 Å². The molecule has 0 atom stereocenters. The molecular weight excluding hydrogens is 194 g/mol. The summed E-state index contributed by atoms with van der Waals surface area (Å²) in [4.78, 5) is 15.6. The van der Waals surface area contributed by atoms with Crippen molar-refractivity contribution in [2.75, 3.05) is 6.61 Å². The number of carbonyl (C=O) groups excluding carboxylic acids is 1. The van der Waals surface area contributed by atoms with E-state index in [2.05, 4.69) is 10.1 Å². The topological polar surface area (TPSA) is 56.5 Å². The number of ether oxygens (including phenoxy) is 1. The molecule has 2 rings (SSSR count). The summed E-state index contributed by atoms with van der Waals surface area (Å²) in [5.41, 5.74) is 1.82. The third kappa shape index (κ3) is 1.68. The lowest BCUT2D eigenvalue weighted by atomic mass is 10.4. The summed E-state index contributed by atoms with van der Waals surface area (Å²) < 4.78 is 6.39. The second kappa shape index (κ2) is 3.68. The molecule has 0 aliphatic carbocycles. The number of fused-ring (bicyclic) bond motifs is 1. The number of imidazole rings is 1. The first kappa shape index (κ1) is 9.64. The number of aromatic nitrogens is 3. The van der Waals surface area contributed by atoms with E-state index in [4.69, 9.17) is 4.74 Å². The van der Waals surface area contributed by atoms with Crippen LogP contribution in [0.25, 0.3) is 5.65 Å². The van der Waals surface area contributed by atoms with Crippen molar-refractivity contribution in [1.29, 1.82) is 0 Å². The van der Waals surface area contributed by atoms with Gasteiger partial charge in [-0.25, -0.2) is 14.3 Å². The quantitative estimate of drug-likeness (QED) is 0.691. The van der Waals surface area contributed by atoms with E-state index in [1.54, 1.807) is 6.92 Å². The van der Waals surface area contributed by atoms with E-state index < -0.39 is 5.97 Å². The molecule has 0 aliphatic heterocycles. The van der Waals surface area contributed by atoms with E-state index in [9.17, 15) is 4.79 Å². The van der Waals surface area contributed by atoms with E-state index in [-0.39, 0.29) is 0 Å². The molecule has 0 fully saturated rings. The molecule has 0 saturated carbocycles. The van der Waals surface area contributed by atoms with E-state index in [0.29, 0.717) is 17.9 Å². The molecule has 0 amide bonds. The van der Waals surface area contributed by atoms with Crippen molar-refractivity contribution in [2.45, 2.75) is 13.8 Å². The van der Waals surface area contributed by atoms with Crippen LogP contribution < -0.4 is 0 Å². The second-order valence-corrected chi connectivity index (χ2v) is 3.11. The summed E-state index contributed by atoms with van der Waals surface area (Å²) in [6.07, 6.45) is 1.47. The van der Waals surface area contributed by atoms with Crippen LogP contribution in [0.2, 0.25) is 0 Å². The molecule has 0 saturated heterocycles. The average molecular weight is 205 g/mol. The van der Waals surface area contributed by atoms with Crippen LogP contribution in [0.15, 0.2) is 18.3 Å². The van der Waals surface area contributed by atoms with Crippen molar-refractivity contribution in [3.8, 4) is 0 Å². The first-order valence-electron chi connectivity index (χ1n) is 4.71. The number of nitrogens with zero attached hydrogens (tertiary/aromatic N) is 3. The number of carbonyl (C=O) groups is 1. The van der Waals surface area contributed by atoms with Gasteiger partial charge in [0.15, 0.2) is 11.3 Å². The fourth-order valence-corrected chi connectivity index (χ4v) is 1.31. The van der Waals surface area contributed by atoms with Crippen LogP contribution in [0.3, 0.4) is 0 Å². The van der Waals surface area contributed by atoms with Crippen molar-refractivity contribution >= 4 is 11.6 Å². The van der Waals surface area contributed by atoms with Gasteiger partial charge in [0.2, 0.25) is 0 Å². The maximum atomic E-state index is 11.5. The van der Waals surface area contributed by atoms with Crippen molar-refractivity contribution in [3.63, 3.8) is 0 Å². The molecule has 15 heavy (non-hydrogen) atoms. The molecule has 78 valence electrons. The Morgan fingerprint density at radius 2 is 2.33 bits per heavy atom.